The molecular weight excluding hydrogens is 554 g/mol. The van der Waals surface area contributed by atoms with Gasteiger partial charge in [0.25, 0.3) is 0 Å². The van der Waals surface area contributed by atoms with Gasteiger partial charge >= 0.3 is 11.9 Å². The van der Waals surface area contributed by atoms with Crippen LogP contribution in [0.2, 0.25) is 0 Å². The Morgan fingerprint density at radius 2 is 1.76 bits per heavy atom. The summed E-state index contributed by atoms with van der Waals surface area (Å²) in [6.07, 6.45) is 0. The third kappa shape index (κ3) is 6.92. The number of nitrogens with zero attached hydrogens (tertiary/aromatic N) is 3. The molecule has 2 rings (SSSR count). The van der Waals surface area contributed by atoms with Crippen molar-refractivity contribution < 1.29 is 19.1 Å². The Morgan fingerprint density at radius 1 is 1.16 bits per heavy atom. The number of rotatable bonds is 5. The van der Waals surface area contributed by atoms with Crippen LogP contribution < -0.4 is 0 Å². The first-order chi connectivity index (χ1) is 11.8. The van der Waals surface area contributed by atoms with E-state index in [1.807, 2.05) is 36.4 Å². The molecule has 10 heteroatoms. The highest BCUT2D eigenvalue weighted by atomic mass is 127. The molecule has 8 nitrogen and oxygen atoms in total. The quantitative estimate of drug-likeness (QED) is 0.435. The summed E-state index contributed by atoms with van der Waals surface area (Å²) in [4.78, 5) is 22.4. The van der Waals surface area contributed by atoms with Crippen molar-refractivity contribution in [1.82, 2.24) is 20.0 Å². The Kier molecular flexibility index (Phi) is 9.38. The molecule has 0 aliphatic heterocycles. The molecule has 0 radical (unpaired) electrons. The fraction of sp³-hybridized carbons (Fsp3) is 0.467. The molecular formula is C15H20I2N4O4. The molecule has 0 aromatic carbocycles. The van der Waals surface area contributed by atoms with Crippen LogP contribution in [0, 0.1) is 7.40 Å². The molecule has 0 fully saturated rings. The Morgan fingerprint density at radius 3 is 2.24 bits per heavy atom. The molecule has 0 saturated carbocycles. The van der Waals surface area contributed by atoms with Gasteiger partial charge in [0, 0.05) is 18.2 Å². The van der Waals surface area contributed by atoms with Gasteiger partial charge in [0.15, 0.2) is 5.69 Å². The molecule has 0 aliphatic rings. The number of ether oxygens (including phenoxy) is 2. The summed E-state index contributed by atoms with van der Waals surface area (Å²) in [5.74, 6) is -0.691. The van der Waals surface area contributed by atoms with E-state index >= 15 is 0 Å². The molecule has 1 N–H and O–H groups in total. The topological polar surface area (TPSA) is 99.1 Å². The van der Waals surface area contributed by atoms with E-state index in [-0.39, 0.29) is 18.0 Å². The SMILES string of the molecule is CCOC(=O)c1cc(I)[nH]n1.CCOC(=O)c1cc(I)nn1C(C)C. The summed E-state index contributed by atoms with van der Waals surface area (Å²) in [6, 6.07) is 3.54. The number of aromatic nitrogens is 4. The maximum absolute atomic E-state index is 11.5. The van der Waals surface area contributed by atoms with Crippen molar-refractivity contribution in [1.29, 1.82) is 0 Å². The number of esters is 2. The van der Waals surface area contributed by atoms with E-state index in [1.54, 1.807) is 30.7 Å². The summed E-state index contributed by atoms with van der Waals surface area (Å²) >= 11 is 4.12. The van der Waals surface area contributed by atoms with Crippen molar-refractivity contribution in [3.63, 3.8) is 0 Å². The Labute approximate surface area is 173 Å². The predicted octanol–water partition coefficient (Wildman–Crippen LogP) is 3.44. The number of halogens is 2. The Bertz CT molecular complexity index is 712. The molecule has 2 aromatic heterocycles. The van der Waals surface area contributed by atoms with Crippen LogP contribution in [0.25, 0.3) is 0 Å². The molecule has 0 saturated heterocycles. The first-order valence-electron chi connectivity index (χ1n) is 7.60. The fourth-order valence-electron chi connectivity index (χ4n) is 1.72. The molecule has 0 bridgehead atoms. The Hall–Kier alpha value is -1.18. The average Bonchev–Trinajstić information content (AvgIpc) is 3.14. The van der Waals surface area contributed by atoms with E-state index in [0.717, 1.165) is 7.40 Å². The number of hydrogen-bond acceptors (Lipinski definition) is 6. The highest BCUT2D eigenvalue weighted by Crippen LogP contribution is 2.13. The second-order valence-electron chi connectivity index (χ2n) is 4.93. The lowest BCUT2D eigenvalue weighted by molar-refractivity contribution is 0.0504. The largest absolute Gasteiger partial charge is 0.461 e. The number of hydrogen-bond donors (Lipinski definition) is 1. The van der Waals surface area contributed by atoms with E-state index in [9.17, 15) is 9.59 Å². The molecule has 0 amide bonds. The number of aromatic amines is 1. The average molecular weight is 574 g/mol. The van der Waals surface area contributed by atoms with Crippen molar-refractivity contribution in [3.8, 4) is 0 Å². The molecule has 0 unspecified atom stereocenters. The van der Waals surface area contributed by atoms with E-state index in [2.05, 4.69) is 37.9 Å². The second-order valence-corrected chi connectivity index (χ2v) is 7.20. The second kappa shape index (κ2) is 10.7. The van der Waals surface area contributed by atoms with Crippen molar-refractivity contribution in [2.75, 3.05) is 13.2 Å². The zero-order chi connectivity index (χ0) is 19.0. The molecule has 25 heavy (non-hydrogen) atoms. The van der Waals surface area contributed by atoms with Crippen LogP contribution in [0.1, 0.15) is 54.7 Å². The van der Waals surface area contributed by atoms with Gasteiger partial charge < -0.3 is 9.47 Å². The van der Waals surface area contributed by atoms with Crippen LogP contribution in [0.15, 0.2) is 12.1 Å². The maximum Gasteiger partial charge on any atom is 0.358 e. The van der Waals surface area contributed by atoms with Gasteiger partial charge in [-0.25, -0.2) is 9.59 Å². The van der Waals surface area contributed by atoms with Gasteiger partial charge in [0.1, 0.15) is 9.39 Å². The van der Waals surface area contributed by atoms with Crippen molar-refractivity contribution in [2.45, 2.75) is 33.7 Å². The maximum atomic E-state index is 11.5. The van der Waals surface area contributed by atoms with Gasteiger partial charge in [-0.15, -0.1) is 0 Å². The number of nitrogens with one attached hydrogen (secondary N) is 1. The van der Waals surface area contributed by atoms with E-state index in [4.69, 9.17) is 9.47 Å². The minimum absolute atomic E-state index is 0.165. The zero-order valence-corrected chi connectivity index (χ0v) is 18.7. The third-order valence-corrected chi connectivity index (χ3v) is 3.79. The molecule has 0 atom stereocenters. The third-order valence-electron chi connectivity index (χ3n) is 2.71. The van der Waals surface area contributed by atoms with Crippen LogP contribution in [-0.2, 0) is 9.47 Å². The summed E-state index contributed by atoms with van der Waals surface area (Å²) in [5, 5.41) is 10.6. The van der Waals surface area contributed by atoms with Crippen molar-refractivity contribution in [3.05, 3.63) is 30.9 Å². The van der Waals surface area contributed by atoms with Crippen LogP contribution in [-0.4, -0.2) is 45.1 Å². The highest BCUT2D eigenvalue weighted by Gasteiger charge is 2.17. The predicted molar refractivity (Wildman–Crippen MR) is 109 cm³/mol. The minimum atomic E-state index is -0.383. The summed E-state index contributed by atoms with van der Waals surface area (Å²) in [5.41, 5.74) is 0.850. The lowest BCUT2D eigenvalue weighted by Gasteiger charge is -2.09. The van der Waals surface area contributed by atoms with Gasteiger partial charge in [-0.1, -0.05) is 0 Å². The van der Waals surface area contributed by atoms with Gasteiger partial charge in [0.2, 0.25) is 0 Å². The number of carbonyl (C=O) groups excluding carboxylic acids is 2. The molecule has 0 aliphatic carbocycles. The van der Waals surface area contributed by atoms with Gasteiger partial charge in [-0.3, -0.25) is 9.78 Å². The van der Waals surface area contributed by atoms with Crippen LogP contribution in [0.4, 0.5) is 0 Å². The Balaban J connectivity index is 0.000000257. The smallest absolute Gasteiger partial charge is 0.358 e. The van der Waals surface area contributed by atoms with Crippen LogP contribution >= 0.6 is 45.2 Å². The lowest BCUT2D eigenvalue weighted by Crippen LogP contribution is -2.14. The normalized spacial score (nSPS) is 10.2. The zero-order valence-electron chi connectivity index (χ0n) is 14.4. The monoisotopic (exact) mass is 574 g/mol. The first-order valence-corrected chi connectivity index (χ1v) is 9.76. The molecule has 2 aromatic rings. The highest BCUT2D eigenvalue weighted by molar-refractivity contribution is 14.1. The van der Waals surface area contributed by atoms with Crippen LogP contribution in [0.3, 0.4) is 0 Å². The number of carbonyl (C=O) groups is 2. The summed E-state index contributed by atoms with van der Waals surface area (Å²) in [7, 11) is 0. The fourth-order valence-corrected chi connectivity index (χ4v) is 2.67. The van der Waals surface area contributed by atoms with Crippen LogP contribution in [0.5, 0.6) is 0 Å². The summed E-state index contributed by atoms with van der Waals surface area (Å²) < 4.78 is 13.0. The lowest BCUT2D eigenvalue weighted by atomic mass is 10.3. The van der Waals surface area contributed by atoms with Gasteiger partial charge in [-0.2, -0.15) is 10.2 Å². The van der Waals surface area contributed by atoms with E-state index in [0.29, 0.717) is 24.6 Å². The molecule has 2 heterocycles. The minimum Gasteiger partial charge on any atom is -0.461 e. The van der Waals surface area contributed by atoms with Crippen molar-refractivity contribution >= 4 is 57.1 Å². The summed E-state index contributed by atoms with van der Waals surface area (Å²) in [6.45, 7) is 8.27. The molecule has 0 spiro atoms. The van der Waals surface area contributed by atoms with Crippen molar-refractivity contribution in [2.24, 2.45) is 0 Å². The first kappa shape index (κ1) is 21.9. The number of H-pyrrole nitrogens is 1. The van der Waals surface area contributed by atoms with Gasteiger partial charge in [0.05, 0.1) is 16.9 Å². The van der Waals surface area contributed by atoms with Gasteiger partial charge in [-0.05, 0) is 72.9 Å². The molecule has 138 valence electrons. The van der Waals surface area contributed by atoms with E-state index in [1.165, 1.54) is 0 Å². The van der Waals surface area contributed by atoms with E-state index < -0.39 is 0 Å². The standard InChI is InChI=1S/C9H13IN2O2.C6H7IN2O2/c1-4-14-9(13)7-5-8(10)11-12(7)6(2)3;1-2-11-6(10)4-3-5(7)9-8-4/h5-6H,4H2,1-3H3;3H,2H2,1H3,(H,8,9).